The molecule has 1 aromatic rings. The first-order valence-corrected chi connectivity index (χ1v) is 7.14. The lowest BCUT2D eigenvalue weighted by Gasteiger charge is -2.27. The van der Waals surface area contributed by atoms with Crippen LogP contribution in [0.1, 0.15) is 29.6 Å². The second-order valence-corrected chi connectivity index (χ2v) is 5.42. The average molecular weight is 292 g/mol. The van der Waals surface area contributed by atoms with Crippen LogP contribution in [0.4, 0.5) is 5.69 Å². The van der Waals surface area contributed by atoms with Gasteiger partial charge in [-0.15, -0.1) is 0 Å². The molecule has 114 valence electrons. The lowest BCUT2D eigenvalue weighted by atomic mass is 10.1. The Kier molecular flexibility index (Phi) is 5.41. The van der Waals surface area contributed by atoms with E-state index in [1.165, 1.54) is 18.2 Å². The lowest BCUT2D eigenvalue weighted by Crippen LogP contribution is -2.36. The van der Waals surface area contributed by atoms with Crippen molar-refractivity contribution in [1.29, 1.82) is 0 Å². The van der Waals surface area contributed by atoms with Crippen LogP contribution in [0.25, 0.3) is 0 Å². The van der Waals surface area contributed by atoms with Crippen molar-refractivity contribution < 1.29 is 14.5 Å². The predicted molar refractivity (Wildman–Crippen MR) is 78.5 cm³/mol. The predicted octanol–water partition coefficient (Wildman–Crippen LogP) is 2.28. The van der Waals surface area contributed by atoms with Crippen LogP contribution >= 0.6 is 0 Å². The Balaban J connectivity index is 1.90. The minimum absolute atomic E-state index is 0.0564. The molecular formula is C15H20N2O4. The molecule has 0 saturated carbocycles. The summed E-state index contributed by atoms with van der Waals surface area (Å²) in [5.74, 6) is -0.114. The zero-order valence-electron chi connectivity index (χ0n) is 12.2. The molecule has 1 unspecified atom stereocenters. The van der Waals surface area contributed by atoms with E-state index in [2.05, 4.69) is 0 Å². The summed E-state index contributed by atoms with van der Waals surface area (Å²) in [5.41, 5.74) is 0.319. The first-order valence-electron chi connectivity index (χ1n) is 7.14. The molecule has 0 aromatic heterocycles. The summed E-state index contributed by atoms with van der Waals surface area (Å²) >= 11 is 0. The van der Waals surface area contributed by atoms with Crippen molar-refractivity contribution in [3.05, 3.63) is 39.9 Å². The van der Waals surface area contributed by atoms with E-state index in [9.17, 15) is 14.9 Å². The molecule has 6 heteroatoms. The van der Waals surface area contributed by atoms with E-state index in [0.29, 0.717) is 12.1 Å². The summed E-state index contributed by atoms with van der Waals surface area (Å²) in [6.07, 6.45) is 3.47. The number of nitro benzene ring substituents is 1. The highest BCUT2D eigenvalue weighted by molar-refractivity contribution is 5.98. The number of Topliss-reactive ketones (excluding diaryl/α,β-unsaturated/α-hetero) is 1. The maximum Gasteiger partial charge on any atom is 0.270 e. The summed E-state index contributed by atoms with van der Waals surface area (Å²) in [4.78, 5) is 24.3. The van der Waals surface area contributed by atoms with Crippen molar-refractivity contribution in [1.82, 2.24) is 4.90 Å². The molecule has 0 aliphatic carbocycles. The number of nitrogens with zero attached hydrogens (tertiary/aromatic N) is 2. The molecule has 0 spiro atoms. The second-order valence-electron chi connectivity index (χ2n) is 5.42. The molecule has 1 saturated heterocycles. The van der Waals surface area contributed by atoms with E-state index < -0.39 is 4.92 Å². The van der Waals surface area contributed by atoms with E-state index in [1.807, 2.05) is 11.9 Å². The average Bonchev–Trinajstić information content (AvgIpc) is 2.48. The molecule has 21 heavy (non-hydrogen) atoms. The van der Waals surface area contributed by atoms with Gasteiger partial charge in [0.25, 0.3) is 5.69 Å². The Bertz CT molecular complexity index is 512. The summed E-state index contributed by atoms with van der Waals surface area (Å²) < 4.78 is 5.64. The highest BCUT2D eigenvalue weighted by Crippen LogP contribution is 2.15. The van der Waals surface area contributed by atoms with Gasteiger partial charge in [-0.25, -0.2) is 0 Å². The van der Waals surface area contributed by atoms with Crippen LogP contribution in [0, 0.1) is 10.1 Å². The standard InChI is InChI=1S/C15H20N2O4/c1-16(10-14-7-2-3-8-21-14)11-15(18)12-5-4-6-13(9-12)17(19)20/h4-6,9,14H,2-3,7-8,10-11H2,1H3. The van der Waals surface area contributed by atoms with Crippen molar-refractivity contribution >= 4 is 11.5 Å². The van der Waals surface area contributed by atoms with Crippen molar-refractivity contribution in [3.63, 3.8) is 0 Å². The van der Waals surface area contributed by atoms with Crippen LogP contribution in [0.2, 0.25) is 0 Å². The van der Waals surface area contributed by atoms with E-state index >= 15 is 0 Å². The number of rotatable bonds is 6. The number of hydrogen-bond donors (Lipinski definition) is 0. The number of carbonyl (C=O) groups is 1. The molecule has 0 bridgehead atoms. The van der Waals surface area contributed by atoms with Gasteiger partial charge in [-0.1, -0.05) is 12.1 Å². The Labute approximate surface area is 123 Å². The monoisotopic (exact) mass is 292 g/mol. The first-order chi connectivity index (χ1) is 10.1. The molecule has 6 nitrogen and oxygen atoms in total. The number of non-ortho nitro benzene ring substituents is 1. The van der Waals surface area contributed by atoms with Gasteiger partial charge in [-0.2, -0.15) is 0 Å². The Morgan fingerprint density at radius 2 is 2.29 bits per heavy atom. The number of ether oxygens (including phenoxy) is 1. The van der Waals surface area contributed by atoms with Crippen LogP contribution in [-0.4, -0.2) is 48.5 Å². The molecule has 1 atom stereocenters. The number of benzene rings is 1. The maximum absolute atomic E-state index is 12.2. The highest BCUT2D eigenvalue weighted by Gasteiger charge is 2.18. The number of hydrogen-bond acceptors (Lipinski definition) is 5. The zero-order valence-corrected chi connectivity index (χ0v) is 12.2. The van der Waals surface area contributed by atoms with Crippen molar-refractivity contribution in [2.45, 2.75) is 25.4 Å². The molecule has 0 N–H and O–H groups in total. The molecule has 1 aliphatic heterocycles. The fourth-order valence-electron chi connectivity index (χ4n) is 2.49. The van der Waals surface area contributed by atoms with Gasteiger partial charge < -0.3 is 4.74 Å². The third-order valence-electron chi connectivity index (χ3n) is 3.58. The normalized spacial score (nSPS) is 18.7. The zero-order chi connectivity index (χ0) is 15.2. The Hall–Kier alpha value is -1.79. The minimum atomic E-state index is -0.490. The fourth-order valence-corrected chi connectivity index (χ4v) is 2.49. The minimum Gasteiger partial charge on any atom is -0.377 e. The van der Waals surface area contributed by atoms with E-state index in [4.69, 9.17) is 4.74 Å². The summed E-state index contributed by atoms with van der Waals surface area (Å²) in [6.45, 7) is 1.74. The Morgan fingerprint density at radius 1 is 1.48 bits per heavy atom. The molecule has 1 aromatic carbocycles. The lowest BCUT2D eigenvalue weighted by molar-refractivity contribution is -0.384. The van der Waals surface area contributed by atoms with E-state index in [1.54, 1.807) is 6.07 Å². The van der Waals surface area contributed by atoms with Crippen molar-refractivity contribution in [2.75, 3.05) is 26.7 Å². The van der Waals surface area contributed by atoms with Gasteiger partial charge in [0.05, 0.1) is 17.6 Å². The summed E-state index contributed by atoms with van der Waals surface area (Å²) in [6, 6.07) is 5.86. The first kappa shape index (κ1) is 15.6. The SMILES string of the molecule is CN(CC(=O)c1cccc([N+](=O)[O-])c1)CC1CCCCO1. The third kappa shape index (κ3) is 4.61. The quantitative estimate of drug-likeness (QED) is 0.457. The Morgan fingerprint density at radius 3 is 2.95 bits per heavy atom. The van der Waals surface area contributed by atoms with Gasteiger partial charge in [-0.3, -0.25) is 19.8 Å². The van der Waals surface area contributed by atoms with Crippen LogP contribution in [0.3, 0.4) is 0 Å². The van der Waals surface area contributed by atoms with Gasteiger partial charge >= 0.3 is 0 Å². The number of nitro groups is 1. The second kappa shape index (κ2) is 7.28. The molecule has 2 rings (SSSR count). The van der Waals surface area contributed by atoms with Gasteiger partial charge in [0, 0.05) is 30.8 Å². The summed E-state index contributed by atoms with van der Waals surface area (Å²) in [7, 11) is 1.87. The molecule has 0 radical (unpaired) electrons. The fraction of sp³-hybridized carbons (Fsp3) is 0.533. The van der Waals surface area contributed by atoms with E-state index in [-0.39, 0.29) is 24.1 Å². The van der Waals surface area contributed by atoms with E-state index in [0.717, 1.165) is 25.9 Å². The summed E-state index contributed by atoms with van der Waals surface area (Å²) in [5, 5.41) is 10.7. The smallest absolute Gasteiger partial charge is 0.270 e. The number of ketones is 1. The van der Waals surface area contributed by atoms with Crippen LogP contribution in [0.5, 0.6) is 0 Å². The van der Waals surface area contributed by atoms with Crippen molar-refractivity contribution in [2.24, 2.45) is 0 Å². The molecule has 1 aliphatic rings. The number of likely N-dealkylation sites (N-methyl/N-ethyl adjacent to an activating group) is 1. The van der Waals surface area contributed by atoms with Crippen molar-refractivity contribution in [3.8, 4) is 0 Å². The molecular weight excluding hydrogens is 272 g/mol. The highest BCUT2D eigenvalue weighted by atomic mass is 16.6. The molecule has 1 heterocycles. The maximum atomic E-state index is 12.2. The number of carbonyl (C=O) groups excluding carboxylic acids is 1. The largest absolute Gasteiger partial charge is 0.377 e. The van der Waals surface area contributed by atoms with Crippen LogP contribution in [-0.2, 0) is 4.74 Å². The van der Waals surface area contributed by atoms with Gasteiger partial charge in [0.2, 0.25) is 0 Å². The van der Waals surface area contributed by atoms with Gasteiger partial charge in [0.1, 0.15) is 0 Å². The molecule has 0 amide bonds. The topological polar surface area (TPSA) is 72.7 Å². The molecule has 1 fully saturated rings. The van der Waals surface area contributed by atoms with Gasteiger partial charge in [0.15, 0.2) is 5.78 Å². The van der Waals surface area contributed by atoms with Gasteiger partial charge in [-0.05, 0) is 26.3 Å². The van der Waals surface area contributed by atoms with Crippen LogP contribution < -0.4 is 0 Å². The van der Waals surface area contributed by atoms with Crippen LogP contribution in [0.15, 0.2) is 24.3 Å². The third-order valence-corrected chi connectivity index (χ3v) is 3.58.